The second-order valence-electron chi connectivity index (χ2n) is 6.63. The largest absolute Gasteiger partial charge is 0.343 e. The Balaban J connectivity index is 1.61. The molecular formula is C20H22N4O. The minimum absolute atomic E-state index is 0.0103. The molecule has 1 unspecified atom stereocenters. The first-order valence-corrected chi connectivity index (χ1v) is 8.94. The molecule has 1 aromatic carbocycles. The van der Waals surface area contributed by atoms with Crippen molar-refractivity contribution in [3.05, 3.63) is 59.5 Å². The van der Waals surface area contributed by atoms with Gasteiger partial charge in [-0.15, -0.1) is 0 Å². The highest BCUT2D eigenvalue weighted by molar-refractivity contribution is 5.94. The Morgan fingerprint density at radius 3 is 2.92 bits per heavy atom. The van der Waals surface area contributed by atoms with Crippen molar-refractivity contribution in [1.29, 1.82) is 0 Å². The summed E-state index contributed by atoms with van der Waals surface area (Å²) in [4.78, 5) is 26.8. The van der Waals surface area contributed by atoms with Crippen LogP contribution in [0.25, 0.3) is 11.2 Å². The van der Waals surface area contributed by atoms with Crippen LogP contribution in [-0.2, 0) is 12.8 Å². The molecule has 1 aliphatic carbocycles. The number of amides is 1. The van der Waals surface area contributed by atoms with Gasteiger partial charge in [-0.2, -0.15) is 0 Å². The number of nitrogens with zero attached hydrogens (tertiary/aromatic N) is 3. The van der Waals surface area contributed by atoms with E-state index in [1.165, 1.54) is 11.1 Å². The number of rotatable bonds is 4. The van der Waals surface area contributed by atoms with Crippen LogP contribution in [0.4, 0.5) is 0 Å². The lowest BCUT2D eigenvalue weighted by molar-refractivity contribution is 0.0656. The summed E-state index contributed by atoms with van der Waals surface area (Å²) in [5.41, 5.74) is 4.70. The third-order valence-electron chi connectivity index (χ3n) is 4.99. The zero-order chi connectivity index (χ0) is 17.2. The third-order valence-corrected chi connectivity index (χ3v) is 4.99. The normalized spacial score (nSPS) is 16.6. The monoisotopic (exact) mass is 334 g/mol. The van der Waals surface area contributed by atoms with E-state index in [1.807, 2.05) is 11.0 Å². The summed E-state index contributed by atoms with van der Waals surface area (Å²) in [5, 5.41) is 0. The Kier molecular flexibility index (Phi) is 4.22. The van der Waals surface area contributed by atoms with Gasteiger partial charge in [-0.05, 0) is 48.9 Å². The van der Waals surface area contributed by atoms with Crippen LogP contribution in [0.2, 0.25) is 0 Å². The predicted molar refractivity (Wildman–Crippen MR) is 97.5 cm³/mol. The lowest BCUT2D eigenvalue weighted by Gasteiger charge is -2.35. The van der Waals surface area contributed by atoms with E-state index in [9.17, 15) is 4.79 Å². The van der Waals surface area contributed by atoms with Gasteiger partial charge in [-0.3, -0.25) is 4.79 Å². The number of aryl methyl sites for hydroxylation is 1. The van der Waals surface area contributed by atoms with E-state index in [0.717, 1.165) is 37.7 Å². The van der Waals surface area contributed by atoms with Crippen LogP contribution in [0.15, 0.2) is 42.7 Å². The Labute approximate surface area is 147 Å². The number of carbonyl (C=O) groups is 1. The molecule has 0 saturated heterocycles. The van der Waals surface area contributed by atoms with Gasteiger partial charge in [0.05, 0.1) is 11.8 Å². The molecule has 5 heteroatoms. The second-order valence-corrected chi connectivity index (χ2v) is 6.63. The average molecular weight is 334 g/mol. The molecule has 0 radical (unpaired) electrons. The van der Waals surface area contributed by atoms with Gasteiger partial charge in [0.25, 0.3) is 5.91 Å². The van der Waals surface area contributed by atoms with Gasteiger partial charge in [0.2, 0.25) is 0 Å². The summed E-state index contributed by atoms with van der Waals surface area (Å²) < 4.78 is 0. The van der Waals surface area contributed by atoms with E-state index < -0.39 is 0 Å². The number of H-pyrrole nitrogens is 1. The molecule has 0 aliphatic heterocycles. The molecule has 2 heterocycles. The van der Waals surface area contributed by atoms with Crippen LogP contribution in [-0.4, -0.2) is 38.3 Å². The van der Waals surface area contributed by atoms with E-state index in [2.05, 4.69) is 46.1 Å². The molecular weight excluding hydrogens is 312 g/mol. The van der Waals surface area contributed by atoms with Crippen molar-refractivity contribution < 1.29 is 4.79 Å². The highest BCUT2D eigenvalue weighted by atomic mass is 16.2. The van der Waals surface area contributed by atoms with Crippen LogP contribution >= 0.6 is 0 Å². The average Bonchev–Trinajstić information content (AvgIpc) is 3.13. The zero-order valence-electron chi connectivity index (χ0n) is 14.4. The number of nitrogens with one attached hydrogen (secondary N) is 1. The fourth-order valence-electron chi connectivity index (χ4n) is 3.72. The van der Waals surface area contributed by atoms with Crippen LogP contribution in [0.3, 0.4) is 0 Å². The molecule has 128 valence electrons. The summed E-state index contributed by atoms with van der Waals surface area (Å²) in [6, 6.07) is 12.5. The summed E-state index contributed by atoms with van der Waals surface area (Å²) in [6.45, 7) is 2.87. The molecule has 1 aliphatic rings. The summed E-state index contributed by atoms with van der Waals surface area (Å²) in [5.74, 6) is 0.0103. The van der Waals surface area contributed by atoms with E-state index in [1.54, 1.807) is 12.4 Å². The number of fused-ring (bicyclic) bond motifs is 2. The smallest absolute Gasteiger partial charge is 0.272 e. The molecule has 5 nitrogen and oxygen atoms in total. The zero-order valence-corrected chi connectivity index (χ0v) is 14.4. The van der Waals surface area contributed by atoms with Gasteiger partial charge in [-0.1, -0.05) is 31.2 Å². The number of carbonyl (C=O) groups excluding carboxylic acids is 1. The molecule has 3 aromatic rings. The Morgan fingerprint density at radius 2 is 2.08 bits per heavy atom. The van der Waals surface area contributed by atoms with Gasteiger partial charge in [-0.25, -0.2) is 9.97 Å². The van der Waals surface area contributed by atoms with Crippen molar-refractivity contribution in [3.63, 3.8) is 0 Å². The molecule has 1 amide bonds. The Hall–Kier alpha value is -2.69. The van der Waals surface area contributed by atoms with Crippen molar-refractivity contribution in [2.24, 2.45) is 0 Å². The standard InChI is InChI=1S/C20H22N4O/c1-2-11-24(16-8-7-14-5-3-4-6-15(14)12-16)20(25)18-10-9-17-19(23-18)22-13-21-17/h3-6,9-10,13,16H,2,7-8,11-12H2,1H3,(H,21,22,23). The van der Waals surface area contributed by atoms with Gasteiger partial charge < -0.3 is 9.88 Å². The van der Waals surface area contributed by atoms with Crippen molar-refractivity contribution in [1.82, 2.24) is 19.9 Å². The summed E-state index contributed by atoms with van der Waals surface area (Å²) in [6.07, 6.45) is 5.50. The van der Waals surface area contributed by atoms with Crippen LogP contribution in [0.1, 0.15) is 41.4 Å². The van der Waals surface area contributed by atoms with Crippen LogP contribution in [0, 0.1) is 0 Å². The number of hydrogen-bond acceptors (Lipinski definition) is 3. The van der Waals surface area contributed by atoms with E-state index in [4.69, 9.17) is 0 Å². The number of aromatic amines is 1. The summed E-state index contributed by atoms with van der Waals surface area (Å²) >= 11 is 0. The highest BCUT2D eigenvalue weighted by Gasteiger charge is 2.28. The van der Waals surface area contributed by atoms with Crippen LogP contribution in [0.5, 0.6) is 0 Å². The van der Waals surface area contributed by atoms with Crippen molar-refractivity contribution >= 4 is 17.1 Å². The molecule has 1 atom stereocenters. The molecule has 1 N–H and O–H groups in total. The topological polar surface area (TPSA) is 61.9 Å². The number of benzene rings is 1. The van der Waals surface area contributed by atoms with E-state index in [-0.39, 0.29) is 11.9 Å². The van der Waals surface area contributed by atoms with Crippen LogP contribution < -0.4 is 0 Å². The summed E-state index contributed by atoms with van der Waals surface area (Å²) in [7, 11) is 0. The number of hydrogen-bond donors (Lipinski definition) is 1. The van der Waals surface area contributed by atoms with Crippen molar-refractivity contribution in [2.75, 3.05) is 6.54 Å². The Bertz CT molecular complexity index is 901. The van der Waals surface area contributed by atoms with Gasteiger partial charge in [0, 0.05) is 12.6 Å². The fraction of sp³-hybridized carbons (Fsp3) is 0.350. The molecule has 25 heavy (non-hydrogen) atoms. The lowest BCUT2D eigenvalue weighted by Crippen LogP contribution is -2.44. The van der Waals surface area contributed by atoms with Crippen molar-refractivity contribution in [2.45, 2.75) is 38.6 Å². The lowest BCUT2D eigenvalue weighted by atomic mass is 9.87. The second kappa shape index (κ2) is 6.67. The van der Waals surface area contributed by atoms with Gasteiger partial charge in [0.1, 0.15) is 5.69 Å². The SMILES string of the molecule is CCCN(C(=O)c1ccc2[nH]cnc2n1)C1CCc2ccccc2C1. The van der Waals surface area contributed by atoms with E-state index >= 15 is 0 Å². The predicted octanol–water partition coefficient (Wildman–Crippen LogP) is 3.37. The first kappa shape index (κ1) is 15.8. The Morgan fingerprint density at radius 1 is 1.24 bits per heavy atom. The fourth-order valence-corrected chi connectivity index (χ4v) is 3.72. The molecule has 2 aromatic heterocycles. The molecule has 4 rings (SSSR count). The van der Waals surface area contributed by atoms with E-state index in [0.29, 0.717) is 11.3 Å². The number of pyridine rings is 1. The molecule has 0 fully saturated rings. The maximum absolute atomic E-state index is 13.1. The molecule has 0 spiro atoms. The maximum atomic E-state index is 13.1. The highest BCUT2D eigenvalue weighted by Crippen LogP contribution is 2.25. The van der Waals surface area contributed by atoms with Crippen molar-refractivity contribution in [3.8, 4) is 0 Å². The quantitative estimate of drug-likeness (QED) is 0.796. The van der Waals surface area contributed by atoms with Gasteiger partial charge in [0.15, 0.2) is 5.65 Å². The number of imidazole rings is 1. The first-order valence-electron chi connectivity index (χ1n) is 8.94. The van der Waals surface area contributed by atoms with Gasteiger partial charge >= 0.3 is 0 Å². The minimum Gasteiger partial charge on any atom is -0.343 e. The third kappa shape index (κ3) is 3.02. The number of aromatic nitrogens is 3. The maximum Gasteiger partial charge on any atom is 0.272 e. The molecule has 0 bridgehead atoms. The first-order chi connectivity index (χ1) is 12.3. The molecule has 0 saturated carbocycles. The minimum atomic E-state index is 0.0103.